The van der Waals surface area contributed by atoms with Gasteiger partial charge in [0.1, 0.15) is 0 Å². The molecular weight excluding hydrogens is 103 g/mol. The summed E-state index contributed by atoms with van der Waals surface area (Å²) in [4.78, 5) is 9.82. The average Bonchev–Trinajstić information content (AvgIpc) is 1.35. The van der Waals surface area contributed by atoms with Crippen molar-refractivity contribution in [1.82, 2.24) is 0 Å². The predicted molar refractivity (Wildman–Crippen MR) is 29.5 cm³/mol. The number of carbonyl (C=O) groups excluding carboxylic acids is 1. The Morgan fingerprint density at radius 3 is 2.14 bits per heavy atom. The summed E-state index contributed by atoms with van der Waals surface area (Å²) >= 11 is 0. The molecule has 0 aliphatic heterocycles. The summed E-state index contributed by atoms with van der Waals surface area (Å²) in [7, 11) is 0. The first-order chi connectivity index (χ1) is 2.77. The first-order valence-corrected chi connectivity index (χ1v) is 1.90. The van der Waals surface area contributed by atoms with Gasteiger partial charge in [-0.15, -0.1) is 0 Å². The van der Waals surface area contributed by atoms with E-state index in [4.69, 9.17) is 0 Å². The molecule has 2 nitrogen and oxygen atoms in total. The van der Waals surface area contributed by atoms with E-state index in [0.717, 1.165) is 0 Å². The molecule has 0 aromatic rings. The van der Waals surface area contributed by atoms with Gasteiger partial charge in [0.05, 0.1) is 6.61 Å². The number of esters is 1. The molecular formula is C4H9NaO2. The van der Waals surface area contributed by atoms with Gasteiger partial charge in [0.2, 0.25) is 0 Å². The van der Waals surface area contributed by atoms with Crippen molar-refractivity contribution in [3.8, 4) is 0 Å². The van der Waals surface area contributed by atoms with Crippen LogP contribution in [0.25, 0.3) is 0 Å². The number of carbonyl (C=O) groups is 1. The summed E-state index contributed by atoms with van der Waals surface area (Å²) in [5.41, 5.74) is 0. The van der Waals surface area contributed by atoms with E-state index in [9.17, 15) is 4.79 Å². The summed E-state index contributed by atoms with van der Waals surface area (Å²) in [5.74, 6) is -0.211. The van der Waals surface area contributed by atoms with Crippen molar-refractivity contribution in [2.24, 2.45) is 0 Å². The fraction of sp³-hybridized carbons (Fsp3) is 0.750. The van der Waals surface area contributed by atoms with Gasteiger partial charge in [-0.1, -0.05) is 0 Å². The van der Waals surface area contributed by atoms with Gasteiger partial charge in [-0.3, -0.25) is 4.79 Å². The topological polar surface area (TPSA) is 26.3 Å². The number of hydrogen-bond acceptors (Lipinski definition) is 2. The molecule has 0 atom stereocenters. The maximum absolute atomic E-state index is 9.82. The molecule has 38 valence electrons. The normalized spacial score (nSPS) is 6.57. The van der Waals surface area contributed by atoms with E-state index in [1.807, 2.05) is 0 Å². The minimum absolute atomic E-state index is 0. The second kappa shape index (κ2) is 6.47. The molecule has 0 bridgehead atoms. The van der Waals surface area contributed by atoms with Crippen LogP contribution in [-0.2, 0) is 9.53 Å². The van der Waals surface area contributed by atoms with Gasteiger partial charge in [-0.2, -0.15) is 0 Å². The molecule has 7 heavy (non-hydrogen) atoms. The molecule has 0 fully saturated rings. The number of hydrogen-bond donors (Lipinski definition) is 0. The first kappa shape index (κ1) is 10.5. The van der Waals surface area contributed by atoms with Crippen molar-refractivity contribution >= 4 is 35.5 Å². The maximum atomic E-state index is 9.82. The monoisotopic (exact) mass is 112 g/mol. The zero-order valence-electron chi connectivity index (χ0n) is 4.02. The summed E-state index contributed by atoms with van der Waals surface area (Å²) in [6.07, 6.45) is 0. The first-order valence-electron chi connectivity index (χ1n) is 1.90. The number of ether oxygens (including phenoxy) is 1. The Kier molecular flexibility index (Phi) is 9.66. The van der Waals surface area contributed by atoms with Crippen LogP contribution in [0.4, 0.5) is 0 Å². The number of rotatable bonds is 1. The van der Waals surface area contributed by atoms with Gasteiger partial charge < -0.3 is 4.74 Å². The third-order valence-corrected chi connectivity index (χ3v) is 0.348. The van der Waals surface area contributed by atoms with Crippen LogP contribution >= 0.6 is 0 Å². The molecule has 0 unspecified atom stereocenters. The van der Waals surface area contributed by atoms with E-state index in [0.29, 0.717) is 6.61 Å². The SMILES string of the molecule is CCOC(C)=O.[NaH]. The third-order valence-electron chi connectivity index (χ3n) is 0.348. The van der Waals surface area contributed by atoms with E-state index in [-0.39, 0.29) is 35.5 Å². The molecule has 0 aliphatic rings. The van der Waals surface area contributed by atoms with Crippen LogP contribution in [0, 0.1) is 0 Å². The van der Waals surface area contributed by atoms with E-state index < -0.39 is 0 Å². The van der Waals surface area contributed by atoms with E-state index >= 15 is 0 Å². The molecule has 0 N–H and O–H groups in total. The molecule has 0 heterocycles. The van der Waals surface area contributed by atoms with Crippen LogP contribution in [0.5, 0.6) is 0 Å². The second-order valence-corrected chi connectivity index (χ2v) is 0.925. The van der Waals surface area contributed by atoms with E-state index in [1.54, 1.807) is 6.92 Å². The molecule has 0 spiro atoms. The van der Waals surface area contributed by atoms with Crippen LogP contribution in [-0.4, -0.2) is 42.1 Å². The molecule has 0 radical (unpaired) electrons. The van der Waals surface area contributed by atoms with E-state index in [1.165, 1.54) is 6.92 Å². The molecule has 0 saturated carbocycles. The van der Waals surface area contributed by atoms with Crippen molar-refractivity contribution in [3.05, 3.63) is 0 Å². The van der Waals surface area contributed by atoms with Crippen molar-refractivity contribution in [3.63, 3.8) is 0 Å². The van der Waals surface area contributed by atoms with Crippen LogP contribution in [0.3, 0.4) is 0 Å². The van der Waals surface area contributed by atoms with Crippen molar-refractivity contribution < 1.29 is 9.53 Å². The van der Waals surface area contributed by atoms with Gasteiger partial charge in [0, 0.05) is 6.92 Å². The standard InChI is InChI=1S/C4H8O2.Na.H/c1-3-6-4(2)5;;/h3H2,1-2H3;;. The average molecular weight is 112 g/mol. The Hall–Kier alpha value is 0.470. The quantitative estimate of drug-likeness (QED) is 0.350. The van der Waals surface area contributed by atoms with Crippen LogP contribution in [0.2, 0.25) is 0 Å². The third kappa shape index (κ3) is 10.7. The molecule has 0 rings (SSSR count). The van der Waals surface area contributed by atoms with Gasteiger partial charge in [-0.25, -0.2) is 0 Å². The van der Waals surface area contributed by atoms with Gasteiger partial charge in [-0.05, 0) is 6.92 Å². The molecule has 3 heteroatoms. The second-order valence-electron chi connectivity index (χ2n) is 0.925. The minimum atomic E-state index is -0.211. The Labute approximate surface area is 65.5 Å². The van der Waals surface area contributed by atoms with Crippen LogP contribution in [0.15, 0.2) is 0 Å². The fourth-order valence-corrected chi connectivity index (χ4v) is 0.203. The van der Waals surface area contributed by atoms with Gasteiger partial charge >= 0.3 is 35.5 Å². The Morgan fingerprint density at radius 2 is 2.14 bits per heavy atom. The zero-order valence-corrected chi connectivity index (χ0v) is 4.02. The van der Waals surface area contributed by atoms with Crippen LogP contribution < -0.4 is 0 Å². The van der Waals surface area contributed by atoms with Gasteiger partial charge in [0.15, 0.2) is 0 Å². The summed E-state index contributed by atoms with van der Waals surface area (Å²) in [6.45, 7) is 3.65. The summed E-state index contributed by atoms with van der Waals surface area (Å²) in [6, 6.07) is 0. The summed E-state index contributed by atoms with van der Waals surface area (Å²) in [5, 5.41) is 0. The van der Waals surface area contributed by atoms with Crippen LogP contribution in [0.1, 0.15) is 13.8 Å². The molecule has 0 aromatic carbocycles. The Morgan fingerprint density at radius 1 is 1.71 bits per heavy atom. The van der Waals surface area contributed by atoms with Crippen molar-refractivity contribution in [1.29, 1.82) is 0 Å². The van der Waals surface area contributed by atoms with E-state index in [2.05, 4.69) is 4.74 Å². The van der Waals surface area contributed by atoms with Crippen molar-refractivity contribution in [2.45, 2.75) is 13.8 Å². The summed E-state index contributed by atoms with van der Waals surface area (Å²) < 4.78 is 4.40. The predicted octanol–water partition coefficient (Wildman–Crippen LogP) is -0.0791. The fourth-order valence-electron chi connectivity index (χ4n) is 0.203. The molecule has 0 aliphatic carbocycles. The zero-order chi connectivity index (χ0) is 4.99. The van der Waals surface area contributed by atoms with Gasteiger partial charge in [0.25, 0.3) is 0 Å². The van der Waals surface area contributed by atoms with Crippen molar-refractivity contribution in [2.75, 3.05) is 6.61 Å². The Bertz CT molecular complexity index is 53.7. The molecule has 0 saturated heterocycles. The molecule has 0 aromatic heterocycles. The Balaban J connectivity index is 0. The molecule has 0 amide bonds.